The molecule has 116 valence electrons. The van der Waals surface area contributed by atoms with Crippen LogP contribution >= 0.6 is 0 Å². The average Bonchev–Trinajstić information content (AvgIpc) is 3.16. The van der Waals surface area contributed by atoms with Gasteiger partial charge in [0.2, 0.25) is 0 Å². The number of carbonyl (C=O) groups is 1. The zero-order valence-corrected chi connectivity index (χ0v) is 11.5. The second kappa shape index (κ2) is 5.54. The molecular formula is C14H16F4N2O. The van der Waals surface area contributed by atoms with Crippen molar-refractivity contribution in [1.29, 1.82) is 0 Å². The Bertz CT molecular complexity index is 520. The van der Waals surface area contributed by atoms with Crippen molar-refractivity contribution in [2.24, 2.45) is 5.92 Å². The van der Waals surface area contributed by atoms with Crippen LogP contribution < -0.4 is 5.73 Å². The van der Waals surface area contributed by atoms with E-state index in [-0.39, 0.29) is 17.2 Å². The lowest BCUT2D eigenvalue weighted by atomic mass is 10.1. The normalized spacial score (nSPS) is 16.6. The fourth-order valence-corrected chi connectivity index (χ4v) is 2.33. The Labute approximate surface area is 119 Å². The number of nitrogens with zero attached hydrogens (tertiary/aromatic N) is 1. The standard InChI is InChI=1S/C14H16F4N2O/c1-8(9-2-3-9)20(7-14(16,17)18)13(21)10-4-11(15)6-12(19)5-10/h4-6,8-9H,2-3,7,19H2,1H3. The summed E-state index contributed by atoms with van der Waals surface area (Å²) in [4.78, 5) is 13.1. The molecule has 1 aliphatic rings. The third-order valence-electron chi connectivity index (χ3n) is 3.57. The van der Waals surface area contributed by atoms with Crippen molar-refractivity contribution < 1.29 is 22.4 Å². The highest BCUT2D eigenvalue weighted by Crippen LogP contribution is 2.36. The van der Waals surface area contributed by atoms with Crippen molar-refractivity contribution in [3.05, 3.63) is 29.6 Å². The second-order valence-electron chi connectivity index (χ2n) is 5.40. The van der Waals surface area contributed by atoms with Crippen LogP contribution in [0.3, 0.4) is 0 Å². The van der Waals surface area contributed by atoms with Gasteiger partial charge in [0.1, 0.15) is 12.4 Å². The van der Waals surface area contributed by atoms with Crippen molar-refractivity contribution in [2.75, 3.05) is 12.3 Å². The van der Waals surface area contributed by atoms with Crippen LogP contribution in [0.15, 0.2) is 18.2 Å². The van der Waals surface area contributed by atoms with Gasteiger partial charge >= 0.3 is 6.18 Å². The van der Waals surface area contributed by atoms with Crippen LogP contribution in [0.2, 0.25) is 0 Å². The lowest BCUT2D eigenvalue weighted by molar-refractivity contribution is -0.144. The molecule has 1 amide bonds. The first-order valence-electron chi connectivity index (χ1n) is 6.61. The number of benzene rings is 1. The number of anilines is 1. The van der Waals surface area contributed by atoms with Gasteiger partial charge in [0.15, 0.2) is 0 Å². The van der Waals surface area contributed by atoms with Crippen molar-refractivity contribution in [3.8, 4) is 0 Å². The fourth-order valence-electron chi connectivity index (χ4n) is 2.33. The van der Waals surface area contributed by atoms with Gasteiger partial charge in [-0.25, -0.2) is 4.39 Å². The summed E-state index contributed by atoms with van der Waals surface area (Å²) in [5.74, 6) is -1.52. The highest BCUT2D eigenvalue weighted by Gasteiger charge is 2.40. The van der Waals surface area contributed by atoms with Crippen LogP contribution in [0.5, 0.6) is 0 Å². The second-order valence-corrected chi connectivity index (χ2v) is 5.40. The number of nitrogens with two attached hydrogens (primary N) is 1. The van der Waals surface area contributed by atoms with Crippen LogP contribution in [0.4, 0.5) is 23.2 Å². The Morgan fingerprint density at radius 3 is 2.48 bits per heavy atom. The molecular weight excluding hydrogens is 288 g/mol. The Hall–Kier alpha value is -1.79. The zero-order chi connectivity index (χ0) is 15.8. The highest BCUT2D eigenvalue weighted by atomic mass is 19.4. The molecule has 1 aliphatic carbocycles. The van der Waals surface area contributed by atoms with Gasteiger partial charge in [0.25, 0.3) is 5.91 Å². The van der Waals surface area contributed by atoms with Gasteiger partial charge in [-0.1, -0.05) is 0 Å². The van der Waals surface area contributed by atoms with Gasteiger partial charge in [-0.3, -0.25) is 4.79 Å². The number of alkyl halides is 3. The Kier molecular flexibility index (Phi) is 4.11. The summed E-state index contributed by atoms with van der Waals surface area (Å²) in [5, 5.41) is 0. The zero-order valence-electron chi connectivity index (χ0n) is 11.5. The van der Waals surface area contributed by atoms with Gasteiger partial charge in [-0.2, -0.15) is 13.2 Å². The first kappa shape index (κ1) is 15.6. The predicted molar refractivity (Wildman–Crippen MR) is 70.1 cm³/mol. The molecule has 21 heavy (non-hydrogen) atoms. The fraction of sp³-hybridized carbons (Fsp3) is 0.500. The van der Waals surface area contributed by atoms with E-state index in [9.17, 15) is 22.4 Å². The minimum Gasteiger partial charge on any atom is -0.399 e. The molecule has 7 heteroatoms. The van der Waals surface area contributed by atoms with Crippen LogP contribution in [-0.4, -0.2) is 29.6 Å². The number of hydrogen-bond acceptors (Lipinski definition) is 2. The minimum atomic E-state index is -4.50. The van der Waals surface area contributed by atoms with Crippen LogP contribution in [-0.2, 0) is 0 Å². The van der Waals surface area contributed by atoms with E-state index in [4.69, 9.17) is 5.73 Å². The molecule has 1 saturated carbocycles. The van der Waals surface area contributed by atoms with Crippen molar-refractivity contribution in [1.82, 2.24) is 4.90 Å². The number of hydrogen-bond donors (Lipinski definition) is 1. The van der Waals surface area contributed by atoms with E-state index >= 15 is 0 Å². The third kappa shape index (κ3) is 4.09. The molecule has 0 saturated heterocycles. The molecule has 1 aromatic carbocycles. The number of nitrogen functional groups attached to an aromatic ring is 1. The summed E-state index contributed by atoms with van der Waals surface area (Å²) in [6.45, 7) is 0.240. The van der Waals surface area contributed by atoms with Crippen molar-refractivity contribution >= 4 is 11.6 Å². The third-order valence-corrected chi connectivity index (χ3v) is 3.57. The van der Waals surface area contributed by atoms with Crippen LogP contribution in [0.1, 0.15) is 30.1 Å². The van der Waals surface area contributed by atoms with Crippen LogP contribution in [0.25, 0.3) is 0 Å². The van der Waals surface area contributed by atoms with E-state index in [0.717, 1.165) is 29.9 Å². The molecule has 0 aromatic heterocycles. The number of halogens is 4. The molecule has 0 spiro atoms. The molecule has 2 N–H and O–H groups in total. The van der Waals surface area contributed by atoms with E-state index in [1.807, 2.05) is 0 Å². The average molecular weight is 304 g/mol. The maximum Gasteiger partial charge on any atom is 0.406 e. The van der Waals surface area contributed by atoms with E-state index in [2.05, 4.69) is 0 Å². The predicted octanol–water partition coefficient (Wildman–Crippen LogP) is 3.21. The van der Waals surface area contributed by atoms with Gasteiger partial charge in [0.05, 0.1) is 0 Å². The lowest BCUT2D eigenvalue weighted by Crippen LogP contribution is -2.45. The summed E-state index contributed by atoms with van der Waals surface area (Å²) in [7, 11) is 0. The quantitative estimate of drug-likeness (QED) is 0.686. The minimum absolute atomic E-state index is 0.00406. The summed E-state index contributed by atoms with van der Waals surface area (Å²) in [6, 6.07) is 2.56. The summed E-state index contributed by atoms with van der Waals surface area (Å²) in [5.41, 5.74) is 5.28. The molecule has 0 bridgehead atoms. The SMILES string of the molecule is CC(C1CC1)N(CC(F)(F)F)C(=O)c1cc(N)cc(F)c1. The molecule has 2 rings (SSSR count). The number of rotatable bonds is 4. The first-order valence-corrected chi connectivity index (χ1v) is 6.61. The molecule has 0 aliphatic heterocycles. The molecule has 1 aromatic rings. The molecule has 1 unspecified atom stereocenters. The summed E-state index contributed by atoms with van der Waals surface area (Å²) < 4.78 is 51.4. The Morgan fingerprint density at radius 2 is 2.00 bits per heavy atom. The van der Waals surface area contributed by atoms with Crippen molar-refractivity contribution in [3.63, 3.8) is 0 Å². The monoisotopic (exact) mass is 304 g/mol. The van der Waals surface area contributed by atoms with Crippen LogP contribution in [0, 0.1) is 11.7 Å². The topological polar surface area (TPSA) is 46.3 Å². The van der Waals surface area contributed by atoms with Crippen molar-refractivity contribution in [2.45, 2.75) is 32.0 Å². The maximum absolute atomic E-state index is 13.3. The molecule has 1 atom stereocenters. The number of carbonyl (C=O) groups excluding carboxylic acids is 1. The van der Waals surface area contributed by atoms with Gasteiger partial charge in [-0.15, -0.1) is 0 Å². The van der Waals surface area contributed by atoms with Gasteiger partial charge in [-0.05, 0) is 43.9 Å². The highest BCUT2D eigenvalue weighted by molar-refractivity contribution is 5.95. The Morgan fingerprint density at radius 1 is 1.38 bits per heavy atom. The van der Waals surface area contributed by atoms with E-state index in [0.29, 0.717) is 0 Å². The first-order chi connectivity index (χ1) is 9.67. The lowest BCUT2D eigenvalue weighted by Gasteiger charge is -2.30. The van der Waals surface area contributed by atoms with E-state index in [1.54, 1.807) is 6.92 Å². The molecule has 1 fully saturated rings. The Balaban J connectivity index is 2.28. The number of amides is 1. The van der Waals surface area contributed by atoms with Gasteiger partial charge in [0, 0.05) is 17.3 Å². The van der Waals surface area contributed by atoms with E-state index in [1.165, 1.54) is 6.07 Å². The van der Waals surface area contributed by atoms with E-state index < -0.39 is 30.5 Å². The van der Waals surface area contributed by atoms with Gasteiger partial charge < -0.3 is 10.6 Å². The molecule has 3 nitrogen and oxygen atoms in total. The molecule has 0 heterocycles. The summed E-state index contributed by atoms with van der Waals surface area (Å²) in [6.07, 6.45) is -2.90. The smallest absolute Gasteiger partial charge is 0.399 e. The summed E-state index contributed by atoms with van der Waals surface area (Å²) >= 11 is 0. The maximum atomic E-state index is 13.3. The largest absolute Gasteiger partial charge is 0.406 e. The molecule has 0 radical (unpaired) electrons.